The molecule has 0 amide bonds. The molecule has 4 nitrogen and oxygen atoms in total. The molecule has 1 fully saturated rings. The van der Waals surface area contributed by atoms with Gasteiger partial charge in [-0.05, 0) is 42.7 Å². The number of anilines is 1. The van der Waals surface area contributed by atoms with Crippen molar-refractivity contribution in [2.75, 3.05) is 25.0 Å². The van der Waals surface area contributed by atoms with E-state index in [1.54, 1.807) is 12.1 Å². The first kappa shape index (κ1) is 16.5. The van der Waals surface area contributed by atoms with E-state index in [2.05, 4.69) is 41.1 Å². The second-order valence-electron chi connectivity index (χ2n) is 6.46. The molecule has 1 heterocycles. The SMILES string of the molecule is CN(c1ccccc1)C1CCN(Cc2cccc(C(=O)O)c2)CC1. The number of carboxylic acid groups (broad SMARTS) is 1. The number of nitrogens with zero attached hydrogens (tertiary/aromatic N) is 2. The van der Waals surface area contributed by atoms with Gasteiger partial charge in [-0.1, -0.05) is 30.3 Å². The fourth-order valence-electron chi connectivity index (χ4n) is 3.40. The predicted octanol–water partition coefficient (Wildman–Crippen LogP) is 3.49. The molecule has 24 heavy (non-hydrogen) atoms. The maximum absolute atomic E-state index is 11.1. The summed E-state index contributed by atoms with van der Waals surface area (Å²) in [6, 6.07) is 18.3. The number of benzene rings is 2. The number of hydrogen-bond donors (Lipinski definition) is 1. The van der Waals surface area contributed by atoms with Crippen molar-refractivity contribution in [1.82, 2.24) is 4.90 Å². The summed E-state index contributed by atoms with van der Waals surface area (Å²) >= 11 is 0. The minimum atomic E-state index is -0.861. The van der Waals surface area contributed by atoms with E-state index in [4.69, 9.17) is 5.11 Å². The van der Waals surface area contributed by atoms with E-state index >= 15 is 0 Å². The summed E-state index contributed by atoms with van der Waals surface area (Å²) < 4.78 is 0. The van der Waals surface area contributed by atoms with Gasteiger partial charge in [-0.3, -0.25) is 4.90 Å². The molecule has 1 aliphatic rings. The average molecular weight is 324 g/mol. The van der Waals surface area contributed by atoms with Gasteiger partial charge in [-0.2, -0.15) is 0 Å². The van der Waals surface area contributed by atoms with Crippen molar-refractivity contribution in [3.05, 3.63) is 65.7 Å². The molecule has 0 aromatic heterocycles. The zero-order chi connectivity index (χ0) is 16.9. The van der Waals surface area contributed by atoms with Crippen molar-refractivity contribution in [2.24, 2.45) is 0 Å². The first-order chi connectivity index (χ1) is 11.6. The Balaban J connectivity index is 1.55. The van der Waals surface area contributed by atoms with Gasteiger partial charge < -0.3 is 10.0 Å². The Morgan fingerprint density at radius 1 is 1.12 bits per heavy atom. The number of aromatic carboxylic acids is 1. The first-order valence-corrected chi connectivity index (χ1v) is 8.46. The second kappa shape index (κ2) is 7.49. The van der Waals surface area contributed by atoms with Gasteiger partial charge in [0.2, 0.25) is 0 Å². The van der Waals surface area contributed by atoms with Crippen LogP contribution in [0.25, 0.3) is 0 Å². The fourth-order valence-corrected chi connectivity index (χ4v) is 3.40. The summed E-state index contributed by atoms with van der Waals surface area (Å²) in [5.74, 6) is -0.861. The van der Waals surface area contributed by atoms with Crippen molar-refractivity contribution < 1.29 is 9.90 Å². The van der Waals surface area contributed by atoms with Crippen LogP contribution in [0.5, 0.6) is 0 Å². The maximum atomic E-state index is 11.1. The van der Waals surface area contributed by atoms with Crippen molar-refractivity contribution >= 4 is 11.7 Å². The number of para-hydroxylation sites is 1. The molecule has 2 aromatic rings. The number of rotatable bonds is 5. The lowest BCUT2D eigenvalue weighted by molar-refractivity contribution is 0.0696. The molecular formula is C20H24N2O2. The van der Waals surface area contributed by atoms with E-state index in [0.717, 1.165) is 38.0 Å². The number of piperidine rings is 1. The quantitative estimate of drug-likeness (QED) is 0.914. The highest BCUT2D eigenvalue weighted by Crippen LogP contribution is 2.22. The lowest BCUT2D eigenvalue weighted by Gasteiger charge is -2.38. The molecule has 0 aliphatic carbocycles. The zero-order valence-corrected chi connectivity index (χ0v) is 14.1. The van der Waals surface area contributed by atoms with Crippen molar-refractivity contribution in [3.8, 4) is 0 Å². The molecule has 2 aromatic carbocycles. The molecule has 0 saturated carbocycles. The van der Waals surface area contributed by atoms with Crippen LogP contribution in [0.3, 0.4) is 0 Å². The average Bonchev–Trinajstić information content (AvgIpc) is 2.63. The normalized spacial score (nSPS) is 16.0. The number of carbonyl (C=O) groups is 1. The summed E-state index contributed by atoms with van der Waals surface area (Å²) in [5, 5.41) is 9.10. The van der Waals surface area contributed by atoms with E-state index in [0.29, 0.717) is 11.6 Å². The Morgan fingerprint density at radius 3 is 2.50 bits per heavy atom. The van der Waals surface area contributed by atoms with Crippen molar-refractivity contribution in [2.45, 2.75) is 25.4 Å². The smallest absolute Gasteiger partial charge is 0.335 e. The standard InChI is InChI=1S/C20H24N2O2/c1-21(18-8-3-2-4-9-18)19-10-12-22(13-11-19)15-16-6-5-7-17(14-16)20(23)24/h2-9,14,19H,10-13,15H2,1H3,(H,23,24). The summed E-state index contributed by atoms with van der Waals surface area (Å²) in [5.41, 5.74) is 2.71. The molecule has 3 rings (SSSR count). The molecule has 0 spiro atoms. The van der Waals surface area contributed by atoms with Crippen LogP contribution in [0.4, 0.5) is 5.69 Å². The van der Waals surface area contributed by atoms with Gasteiger partial charge >= 0.3 is 5.97 Å². The van der Waals surface area contributed by atoms with Gasteiger partial charge in [0.15, 0.2) is 0 Å². The Bertz CT molecular complexity index is 679. The van der Waals surface area contributed by atoms with Crippen LogP contribution >= 0.6 is 0 Å². The lowest BCUT2D eigenvalue weighted by atomic mass is 10.0. The van der Waals surface area contributed by atoms with Crippen LogP contribution in [0.2, 0.25) is 0 Å². The fraction of sp³-hybridized carbons (Fsp3) is 0.350. The number of carboxylic acids is 1. The molecule has 1 N–H and O–H groups in total. The van der Waals surface area contributed by atoms with E-state index in [9.17, 15) is 4.79 Å². The Morgan fingerprint density at radius 2 is 1.83 bits per heavy atom. The molecule has 126 valence electrons. The van der Waals surface area contributed by atoms with E-state index in [1.807, 2.05) is 18.2 Å². The van der Waals surface area contributed by atoms with E-state index in [1.165, 1.54) is 5.69 Å². The van der Waals surface area contributed by atoms with Crippen LogP contribution in [0.15, 0.2) is 54.6 Å². The van der Waals surface area contributed by atoms with E-state index in [-0.39, 0.29) is 0 Å². The largest absolute Gasteiger partial charge is 0.478 e. The summed E-state index contributed by atoms with van der Waals surface area (Å²) in [4.78, 5) is 15.9. The minimum absolute atomic E-state index is 0.367. The molecule has 1 aliphatic heterocycles. The summed E-state index contributed by atoms with van der Waals surface area (Å²) in [7, 11) is 2.17. The predicted molar refractivity (Wildman–Crippen MR) is 96.5 cm³/mol. The minimum Gasteiger partial charge on any atom is -0.478 e. The highest BCUT2D eigenvalue weighted by Gasteiger charge is 2.22. The third-order valence-corrected chi connectivity index (χ3v) is 4.85. The molecule has 0 radical (unpaired) electrons. The molecule has 0 unspecified atom stereocenters. The second-order valence-corrected chi connectivity index (χ2v) is 6.46. The molecule has 4 heteroatoms. The number of hydrogen-bond acceptors (Lipinski definition) is 3. The Kier molecular flexibility index (Phi) is 5.16. The van der Waals surface area contributed by atoms with Crippen molar-refractivity contribution in [3.63, 3.8) is 0 Å². The third kappa shape index (κ3) is 3.95. The highest BCUT2D eigenvalue weighted by atomic mass is 16.4. The summed E-state index contributed by atoms with van der Waals surface area (Å²) in [6.07, 6.45) is 2.26. The van der Waals surface area contributed by atoms with Gasteiger partial charge in [0.1, 0.15) is 0 Å². The van der Waals surface area contributed by atoms with Gasteiger partial charge in [0, 0.05) is 38.4 Å². The lowest BCUT2D eigenvalue weighted by Crippen LogP contribution is -2.43. The van der Waals surface area contributed by atoms with Crippen LogP contribution in [0.1, 0.15) is 28.8 Å². The Labute approximate surface area is 143 Å². The topological polar surface area (TPSA) is 43.8 Å². The van der Waals surface area contributed by atoms with Crippen LogP contribution in [-0.4, -0.2) is 42.2 Å². The van der Waals surface area contributed by atoms with Crippen LogP contribution in [0, 0.1) is 0 Å². The van der Waals surface area contributed by atoms with Gasteiger partial charge in [0.05, 0.1) is 5.56 Å². The van der Waals surface area contributed by atoms with Gasteiger partial charge in [0.25, 0.3) is 0 Å². The molecule has 1 saturated heterocycles. The van der Waals surface area contributed by atoms with Crippen LogP contribution in [-0.2, 0) is 6.54 Å². The first-order valence-electron chi connectivity index (χ1n) is 8.46. The van der Waals surface area contributed by atoms with Gasteiger partial charge in [-0.25, -0.2) is 4.79 Å². The molecular weight excluding hydrogens is 300 g/mol. The monoisotopic (exact) mass is 324 g/mol. The third-order valence-electron chi connectivity index (χ3n) is 4.85. The van der Waals surface area contributed by atoms with Crippen molar-refractivity contribution in [1.29, 1.82) is 0 Å². The molecule has 0 atom stereocenters. The van der Waals surface area contributed by atoms with E-state index < -0.39 is 5.97 Å². The molecule has 0 bridgehead atoms. The van der Waals surface area contributed by atoms with Crippen LogP contribution < -0.4 is 4.90 Å². The highest BCUT2D eigenvalue weighted by molar-refractivity contribution is 5.87. The number of likely N-dealkylation sites (tertiary alicyclic amines) is 1. The summed E-state index contributed by atoms with van der Waals surface area (Å²) in [6.45, 7) is 2.90. The maximum Gasteiger partial charge on any atom is 0.335 e. The zero-order valence-electron chi connectivity index (χ0n) is 14.1. The Hall–Kier alpha value is -2.33. The van der Waals surface area contributed by atoms with Gasteiger partial charge in [-0.15, -0.1) is 0 Å².